The van der Waals surface area contributed by atoms with E-state index in [9.17, 15) is 9.90 Å². The van der Waals surface area contributed by atoms with Gasteiger partial charge >= 0.3 is 5.97 Å². The molecule has 8 atom stereocenters. The van der Waals surface area contributed by atoms with Gasteiger partial charge in [0.15, 0.2) is 0 Å². The van der Waals surface area contributed by atoms with Crippen LogP contribution in [0.3, 0.4) is 0 Å². The number of carbonyl (C=O) groups is 1. The highest BCUT2D eigenvalue weighted by Gasteiger charge is 2.60. The number of fused-ring (bicyclic) bond motifs is 5. The molecule has 0 saturated heterocycles. The first kappa shape index (κ1) is 20.7. The molecule has 4 aliphatic carbocycles. The van der Waals surface area contributed by atoms with Crippen molar-refractivity contribution in [2.75, 3.05) is 0 Å². The van der Waals surface area contributed by atoms with Gasteiger partial charge in [0.2, 0.25) is 0 Å². The molecule has 3 nitrogen and oxygen atoms in total. The molecule has 4 saturated carbocycles. The van der Waals surface area contributed by atoms with E-state index in [1.807, 2.05) is 13.8 Å². The summed E-state index contributed by atoms with van der Waals surface area (Å²) in [6, 6.07) is 0. The summed E-state index contributed by atoms with van der Waals surface area (Å²) in [6.07, 6.45) is 11.4. The summed E-state index contributed by atoms with van der Waals surface area (Å²) in [5, 5.41) is 11.1. The molecule has 0 spiro atoms. The van der Waals surface area contributed by atoms with Crippen molar-refractivity contribution in [3.63, 3.8) is 0 Å². The lowest BCUT2D eigenvalue weighted by molar-refractivity contribution is -0.178. The van der Waals surface area contributed by atoms with Crippen LogP contribution in [0.15, 0.2) is 0 Å². The number of carbonyl (C=O) groups excluding carboxylic acids is 1. The summed E-state index contributed by atoms with van der Waals surface area (Å²) in [5.74, 6) is 2.80. The van der Waals surface area contributed by atoms with Crippen molar-refractivity contribution in [1.29, 1.82) is 0 Å². The van der Waals surface area contributed by atoms with Crippen molar-refractivity contribution >= 4 is 5.97 Å². The molecule has 0 amide bonds. The van der Waals surface area contributed by atoms with Gasteiger partial charge in [0.1, 0.15) is 6.10 Å². The monoisotopic (exact) mass is 390 g/mol. The fraction of sp³-hybridized carbons (Fsp3) is 0.960. The average molecular weight is 391 g/mol. The summed E-state index contributed by atoms with van der Waals surface area (Å²) >= 11 is 0. The highest BCUT2D eigenvalue weighted by atomic mass is 16.5. The lowest BCUT2D eigenvalue weighted by Gasteiger charge is -2.61. The third kappa shape index (κ3) is 3.06. The lowest BCUT2D eigenvalue weighted by atomic mass is 9.44. The largest absolute Gasteiger partial charge is 0.462 e. The predicted octanol–water partition coefficient (Wildman–Crippen LogP) is 5.74. The summed E-state index contributed by atoms with van der Waals surface area (Å²) < 4.78 is 6.00. The molecule has 0 aliphatic heterocycles. The van der Waals surface area contributed by atoms with Gasteiger partial charge in [-0.25, -0.2) is 0 Å². The van der Waals surface area contributed by atoms with Crippen molar-refractivity contribution < 1.29 is 14.6 Å². The van der Waals surface area contributed by atoms with E-state index in [1.54, 1.807) is 0 Å². The number of aliphatic hydroxyl groups is 1. The summed E-state index contributed by atoms with van der Waals surface area (Å²) in [4.78, 5) is 12.6. The Morgan fingerprint density at radius 2 is 1.79 bits per heavy atom. The quantitative estimate of drug-likeness (QED) is 0.625. The normalized spacial score (nSPS) is 48.4. The van der Waals surface area contributed by atoms with Crippen LogP contribution in [0.5, 0.6) is 0 Å². The Labute approximate surface area is 172 Å². The molecule has 0 aromatic carbocycles. The fourth-order valence-corrected chi connectivity index (χ4v) is 7.73. The molecule has 0 aromatic heterocycles. The third-order valence-corrected chi connectivity index (χ3v) is 10.2. The molecule has 0 aromatic rings. The van der Waals surface area contributed by atoms with E-state index in [-0.39, 0.29) is 29.0 Å². The summed E-state index contributed by atoms with van der Waals surface area (Å²) in [6.45, 7) is 10.9. The highest BCUT2D eigenvalue weighted by molar-refractivity contribution is 5.76. The second-order valence-electron chi connectivity index (χ2n) is 11.8. The molecule has 4 rings (SSSR count). The fourth-order valence-electron chi connectivity index (χ4n) is 7.73. The van der Waals surface area contributed by atoms with Crippen LogP contribution >= 0.6 is 0 Å². The van der Waals surface area contributed by atoms with Gasteiger partial charge in [-0.2, -0.15) is 0 Å². The standard InChI is InChI=1S/C25H42O3/c1-6-23(2,3)22(27)28-17-11-13-24(4)16(14-17)9-10-18-19-8-7-12-25(19,5)21(26)15-20(18)24/h16-21,26H,6-15H2,1-5H3/t16?,17?,18?,19?,20?,21?,24-,25+/m0/s1. The van der Waals surface area contributed by atoms with Crippen molar-refractivity contribution in [3.8, 4) is 0 Å². The Hall–Kier alpha value is -0.570. The van der Waals surface area contributed by atoms with Gasteiger partial charge in [0.25, 0.3) is 0 Å². The molecular formula is C25H42O3. The predicted molar refractivity (Wildman–Crippen MR) is 112 cm³/mol. The van der Waals surface area contributed by atoms with Crippen molar-refractivity contribution in [2.45, 2.75) is 111 Å². The van der Waals surface area contributed by atoms with Crippen LogP contribution < -0.4 is 0 Å². The lowest BCUT2D eigenvalue weighted by Crippen LogP contribution is -2.57. The Bertz CT molecular complexity index is 613. The van der Waals surface area contributed by atoms with E-state index in [4.69, 9.17) is 4.74 Å². The van der Waals surface area contributed by atoms with Crippen LogP contribution in [0.1, 0.15) is 98.8 Å². The first-order chi connectivity index (χ1) is 13.1. The maximum absolute atomic E-state index is 12.6. The maximum atomic E-state index is 12.6. The van der Waals surface area contributed by atoms with E-state index in [0.29, 0.717) is 17.3 Å². The number of esters is 1. The average Bonchev–Trinajstić information content (AvgIpc) is 3.06. The van der Waals surface area contributed by atoms with Gasteiger partial charge in [0, 0.05) is 0 Å². The summed E-state index contributed by atoms with van der Waals surface area (Å²) in [5.41, 5.74) is 0.110. The number of rotatable bonds is 3. The van der Waals surface area contributed by atoms with Gasteiger partial charge in [-0.3, -0.25) is 4.79 Å². The molecule has 3 heteroatoms. The first-order valence-electron chi connectivity index (χ1n) is 12.0. The topological polar surface area (TPSA) is 46.5 Å². The minimum atomic E-state index is -0.376. The third-order valence-electron chi connectivity index (χ3n) is 10.2. The molecule has 1 N–H and O–H groups in total. The molecule has 4 aliphatic rings. The van der Waals surface area contributed by atoms with E-state index in [2.05, 4.69) is 20.8 Å². The molecule has 0 bridgehead atoms. The van der Waals surface area contributed by atoms with Gasteiger partial charge in [0.05, 0.1) is 11.5 Å². The number of hydrogen-bond donors (Lipinski definition) is 1. The zero-order chi connectivity index (χ0) is 20.3. The van der Waals surface area contributed by atoms with Crippen LogP contribution in [0.2, 0.25) is 0 Å². The van der Waals surface area contributed by atoms with Gasteiger partial charge in [-0.1, -0.05) is 27.2 Å². The Morgan fingerprint density at radius 3 is 2.50 bits per heavy atom. The Balaban J connectivity index is 1.48. The SMILES string of the molecule is CCC(C)(C)C(=O)OC1CC[C@@]2(C)C(CCC3C4CCC[C@@]4(C)C(O)CC32)C1. The number of aliphatic hydroxyl groups excluding tert-OH is 1. The van der Waals surface area contributed by atoms with Crippen molar-refractivity contribution in [3.05, 3.63) is 0 Å². The zero-order valence-corrected chi connectivity index (χ0v) is 18.8. The molecular weight excluding hydrogens is 348 g/mol. The van der Waals surface area contributed by atoms with Crippen LogP contribution in [-0.4, -0.2) is 23.3 Å². The molecule has 0 heterocycles. The van der Waals surface area contributed by atoms with Crippen LogP contribution in [0.25, 0.3) is 0 Å². The van der Waals surface area contributed by atoms with Crippen LogP contribution in [0.4, 0.5) is 0 Å². The first-order valence-corrected chi connectivity index (χ1v) is 12.0. The van der Waals surface area contributed by atoms with Crippen LogP contribution in [-0.2, 0) is 9.53 Å². The van der Waals surface area contributed by atoms with E-state index in [0.717, 1.165) is 43.9 Å². The second-order valence-corrected chi connectivity index (χ2v) is 11.8. The van der Waals surface area contributed by atoms with Crippen LogP contribution in [0, 0.1) is 39.9 Å². The molecule has 6 unspecified atom stereocenters. The Morgan fingerprint density at radius 1 is 1.04 bits per heavy atom. The zero-order valence-electron chi connectivity index (χ0n) is 18.8. The van der Waals surface area contributed by atoms with Gasteiger partial charge in [-0.05, 0) is 106 Å². The minimum absolute atomic E-state index is 0.0212. The molecule has 4 fully saturated rings. The van der Waals surface area contributed by atoms with Crippen molar-refractivity contribution in [1.82, 2.24) is 0 Å². The molecule has 28 heavy (non-hydrogen) atoms. The smallest absolute Gasteiger partial charge is 0.311 e. The second kappa shape index (κ2) is 7.00. The highest BCUT2D eigenvalue weighted by Crippen LogP contribution is 2.66. The van der Waals surface area contributed by atoms with Gasteiger partial charge in [-0.15, -0.1) is 0 Å². The summed E-state index contributed by atoms with van der Waals surface area (Å²) in [7, 11) is 0. The minimum Gasteiger partial charge on any atom is -0.462 e. The van der Waals surface area contributed by atoms with E-state index < -0.39 is 0 Å². The molecule has 0 radical (unpaired) electrons. The van der Waals surface area contributed by atoms with E-state index >= 15 is 0 Å². The molecule has 160 valence electrons. The van der Waals surface area contributed by atoms with Gasteiger partial charge < -0.3 is 9.84 Å². The maximum Gasteiger partial charge on any atom is 0.311 e. The number of hydrogen-bond acceptors (Lipinski definition) is 3. The number of ether oxygens (including phenoxy) is 1. The van der Waals surface area contributed by atoms with E-state index in [1.165, 1.54) is 32.1 Å². The Kier molecular flexibility index (Phi) is 5.17. The van der Waals surface area contributed by atoms with Crippen molar-refractivity contribution in [2.24, 2.45) is 39.9 Å².